The van der Waals surface area contributed by atoms with Gasteiger partial charge in [-0.2, -0.15) is 0 Å². The highest BCUT2D eigenvalue weighted by Gasteiger charge is 2.25. The number of hydrogen-bond donors (Lipinski definition) is 1. The van der Waals surface area contributed by atoms with Gasteiger partial charge in [0.05, 0.1) is 0 Å². The maximum atomic E-state index is 9.09. The maximum Gasteiger partial charge on any atom is 0.0434 e. The van der Waals surface area contributed by atoms with Gasteiger partial charge in [0.1, 0.15) is 0 Å². The van der Waals surface area contributed by atoms with Crippen LogP contribution in [0.1, 0.15) is 32.1 Å². The van der Waals surface area contributed by atoms with E-state index in [-0.39, 0.29) is 0 Å². The summed E-state index contributed by atoms with van der Waals surface area (Å²) < 4.78 is 0. The molecule has 1 N–H and O–H groups in total. The summed E-state index contributed by atoms with van der Waals surface area (Å²) in [5.41, 5.74) is 0. The quantitative estimate of drug-likeness (QED) is 0.859. The SMILES string of the molecule is OCCC1CCCCC1Sc1ccccc1. The Kier molecular flexibility index (Phi) is 4.73. The zero-order chi connectivity index (χ0) is 11.2. The Balaban J connectivity index is 1.96. The van der Waals surface area contributed by atoms with Crippen molar-refractivity contribution in [1.82, 2.24) is 0 Å². The minimum atomic E-state index is 0.344. The Hall–Kier alpha value is -0.470. The van der Waals surface area contributed by atoms with Gasteiger partial charge in [-0.3, -0.25) is 0 Å². The predicted molar refractivity (Wildman–Crippen MR) is 69.7 cm³/mol. The molecule has 16 heavy (non-hydrogen) atoms. The van der Waals surface area contributed by atoms with Crippen LogP contribution in [0.15, 0.2) is 35.2 Å². The van der Waals surface area contributed by atoms with Gasteiger partial charge < -0.3 is 5.11 Å². The molecule has 1 saturated carbocycles. The van der Waals surface area contributed by atoms with Crippen LogP contribution in [0.2, 0.25) is 0 Å². The van der Waals surface area contributed by atoms with Gasteiger partial charge in [-0.25, -0.2) is 0 Å². The van der Waals surface area contributed by atoms with Gasteiger partial charge in [0.25, 0.3) is 0 Å². The first-order chi connectivity index (χ1) is 7.90. The van der Waals surface area contributed by atoms with E-state index in [1.807, 2.05) is 11.8 Å². The van der Waals surface area contributed by atoms with E-state index in [2.05, 4.69) is 30.3 Å². The van der Waals surface area contributed by atoms with Gasteiger partial charge in [-0.1, -0.05) is 31.0 Å². The van der Waals surface area contributed by atoms with E-state index in [9.17, 15) is 0 Å². The lowest BCUT2D eigenvalue weighted by atomic mass is 9.87. The fourth-order valence-corrected chi connectivity index (χ4v) is 3.91. The molecule has 88 valence electrons. The molecule has 1 aliphatic carbocycles. The molecule has 1 aliphatic rings. The number of aliphatic hydroxyl groups excluding tert-OH is 1. The molecule has 0 heterocycles. The van der Waals surface area contributed by atoms with E-state index in [0.29, 0.717) is 17.8 Å². The molecule has 2 atom stereocenters. The Morgan fingerprint density at radius 2 is 1.88 bits per heavy atom. The van der Waals surface area contributed by atoms with Crippen LogP contribution < -0.4 is 0 Å². The van der Waals surface area contributed by atoms with Crippen molar-refractivity contribution in [1.29, 1.82) is 0 Å². The first-order valence-electron chi connectivity index (χ1n) is 6.22. The van der Waals surface area contributed by atoms with Crippen LogP contribution in [-0.2, 0) is 0 Å². The molecule has 0 saturated heterocycles. The highest BCUT2D eigenvalue weighted by atomic mass is 32.2. The lowest BCUT2D eigenvalue weighted by molar-refractivity contribution is 0.234. The summed E-state index contributed by atoms with van der Waals surface area (Å²) >= 11 is 2.00. The molecule has 2 unspecified atom stereocenters. The third-order valence-electron chi connectivity index (χ3n) is 3.37. The summed E-state index contributed by atoms with van der Waals surface area (Å²) in [6.45, 7) is 0.344. The lowest BCUT2D eigenvalue weighted by Gasteiger charge is -2.30. The van der Waals surface area contributed by atoms with Gasteiger partial charge >= 0.3 is 0 Å². The number of aliphatic hydroxyl groups is 1. The van der Waals surface area contributed by atoms with Crippen LogP contribution >= 0.6 is 11.8 Å². The summed E-state index contributed by atoms with van der Waals surface area (Å²) in [7, 11) is 0. The monoisotopic (exact) mass is 236 g/mol. The van der Waals surface area contributed by atoms with Crippen molar-refractivity contribution in [3.05, 3.63) is 30.3 Å². The lowest BCUT2D eigenvalue weighted by Crippen LogP contribution is -2.22. The zero-order valence-corrected chi connectivity index (χ0v) is 10.5. The molecule has 1 fully saturated rings. The Bertz CT molecular complexity index is 297. The van der Waals surface area contributed by atoms with Crippen molar-refractivity contribution in [3.63, 3.8) is 0 Å². The van der Waals surface area contributed by atoms with Crippen LogP contribution in [-0.4, -0.2) is 17.0 Å². The molecule has 0 radical (unpaired) electrons. The summed E-state index contributed by atoms with van der Waals surface area (Å²) in [6.07, 6.45) is 6.28. The van der Waals surface area contributed by atoms with Gasteiger partial charge in [0, 0.05) is 16.8 Å². The largest absolute Gasteiger partial charge is 0.396 e. The second-order valence-electron chi connectivity index (χ2n) is 4.53. The molecule has 2 rings (SSSR count). The summed E-state index contributed by atoms with van der Waals surface area (Å²) in [4.78, 5) is 1.37. The normalized spacial score (nSPS) is 25.6. The van der Waals surface area contributed by atoms with E-state index in [1.54, 1.807) is 0 Å². The molecular weight excluding hydrogens is 216 g/mol. The number of rotatable bonds is 4. The molecule has 0 spiro atoms. The molecule has 0 amide bonds. The first-order valence-corrected chi connectivity index (χ1v) is 7.10. The molecule has 1 aromatic carbocycles. The molecule has 0 aromatic heterocycles. The summed E-state index contributed by atoms with van der Waals surface area (Å²) in [5.74, 6) is 0.712. The fraction of sp³-hybridized carbons (Fsp3) is 0.571. The zero-order valence-electron chi connectivity index (χ0n) is 9.64. The third kappa shape index (κ3) is 3.26. The number of thioether (sulfide) groups is 1. The first kappa shape index (κ1) is 12.0. The van der Waals surface area contributed by atoms with E-state index < -0.39 is 0 Å². The van der Waals surface area contributed by atoms with Crippen molar-refractivity contribution in [3.8, 4) is 0 Å². The standard InChI is InChI=1S/C14H20OS/c15-11-10-12-6-4-5-9-14(12)16-13-7-2-1-3-8-13/h1-3,7-8,12,14-15H,4-6,9-11H2. The van der Waals surface area contributed by atoms with Crippen molar-refractivity contribution in [2.45, 2.75) is 42.2 Å². The average Bonchev–Trinajstić information content (AvgIpc) is 2.33. The molecule has 0 bridgehead atoms. The smallest absolute Gasteiger partial charge is 0.0434 e. The maximum absolute atomic E-state index is 9.09. The van der Waals surface area contributed by atoms with Crippen LogP contribution in [0.4, 0.5) is 0 Å². The van der Waals surface area contributed by atoms with Crippen molar-refractivity contribution >= 4 is 11.8 Å². The summed E-state index contributed by atoms with van der Waals surface area (Å²) in [6, 6.07) is 10.7. The highest BCUT2D eigenvalue weighted by Crippen LogP contribution is 2.38. The second kappa shape index (κ2) is 6.31. The average molecular weight is 236 g/mol. The Morgan fingerprint density at radius 3 is 2.62 bits per heavy atom. The predicted octanol–water partition coefficient (Wildman–Crippen LogP) is 3.72. The van der Waals surface area contributed by atoms with E-state index in [4.69, 9.17) is 5.11 Å². The molecule has 1 nitrogen and oxygen atoms in total. The van der Waals surface area contributed by atoms with Crippen molar-refractivity contribution in [2.75, 3.05) is 6.61 Å². The molecule has 2 heteroatoms. The minimum absolute atomic E-state index is 0.344. The number of hydrogen-bond acceptors (Lipinski definition) is 2. The fourth-order valence-electron chi connectivity index (χ4n) is 2.50. The molecular formula is C14H20OS. The molecule has 1 aromatic rings. The van der Waals surface area contributed by atoms with Gasteiger partial charge in [0.2, 0.25) is 0 Å². The van der Waals surface area contributed by atoms with Crippen molar-refractivity contribution in [2.24, 2.45) is 5.92 Å². The van der Waals surface area contributed by atoms with E-state index in [0.717, 1.165) is 6.42 Å². The van der Waals surface area contributed by atoms with Crippen LogP contribution in [0.25, 0.3) is 0 Å². The second-order valence-corrected chi connectivity index (χ2v) is 5.84. The Labute approximate surface area is 102 Å². The minimum Gasteiger partial charge on any atom is -0.396 e. The van der Waals surface area contributed by atoms with Gasteiger partial charge in [-0.05, 0) is 37.3 Å². The van der Waals surface area contributed by atoms with Gasteiger partial charge in [0.15, 0.2) is 0 Å². The topological polar surface area (TPSA) is 20.2 Å². The van der Waals surface area contributed by atoms with E-state index >= 15 is 0 Å². The third-order valence-corrected chi connectivity index (χ3v) is 4.84. The Morgan fingerprint density at radius 1 is 1.12 bits per heavy atom. The number of benzene rings is 1. The van der Waals surface area contributed by atoms with Crippen molar-refractivity contribution < 1.29 is 5.11 Å². The van der Waals surface area contributed by atoms with Crippen LogP contribution in [0.5, 0.6) is 0 Å². The summed E-state index contributed by atoms with van der Waals surface area (Å²) in [5, 5.41) is 9.80. The van der Waals surface area contributed by atoms with Crippen LogP contribution in [0.3, 0.4) is 0 Å². The van der Waals surface area contributed by atoms with E-state index in [1.165, 1.54) is 30.6 Å². The highest BCUT2D eigenvalue weighted by molar-refractivity contribution is 8.00. The van der Waals surface area contributed by atoms with Gasteiger partial charge in [-0.15, -0.1) is 11.8 Å². The van der Waals surface area contributed by atoms with Crippen LogP contribution in [0, 0.1) is 5.92 Å². The molecule has 0 aliphatic heterocycles.